The standard InChI is InChI=1S/C17H15N5O3/c1-10-7-8-12(9-18-10)20-17(23)16-11(2)15(22(24)25)13-5-3-4-6-14(13)21(16)19-20/h3-9,19,23H,1-2H3. The number of aryl methyl sites for hydroxylation is 1. The maximum absolute atomic E-state index is 11.6. The van der Waals surface area contributed by atoms with Crippen LogP contribution in [0, 0.1) is 17.0 Å². The van der Waals surface area contributed by atoms with Gasteiger partial charge in [0.05, 0.1) is 33.6 Å². The lowest BCUT2D eigenvalue weighted by Gasteiger charge is -2.28. The first kappa shape index (κ1) is 15.2. The molecule has 0 atom stereocenters. The van der Waals surface area contributed by atoms with Crippen LogP contribution in [0.1, 0.15) is 18.2 Å². The Morgan fingerprint density at radius 1 is 1.16 bits per heavy atom. The molecule has 0 aliphatic carbocycles. The van der Waals surface area contributed by atoms with Gasteiger partial charge in [-0.25, -0.2) is 5.01 Å². The number of nitrogens with zero attached hydrogens (tertiary/aromatic N) is 4. The molecule has 0 saturated heterocycles. The summed E-state index contributed by atoms with van der Waals surface area (Å²) < 4.78 is 0. The molecule has 0 fully saturated rings. The molecule has 0 saturated carbocycles. The van der Waals surface area contributed by atoms with Crippen molar-refractivity contribution in [3.05, 3.63) is 81.1 Å². The van der Waals surface area contributed by atoms with E-state index in [-0.39, 0.29) is 11.6 Å². The quantitative estimate of drug-likeness (QED) is 0.642. The smallest absolute Gasteiger partial charge is 0.283 e. The van der Waals surface area contributed by atoms with Gasteiger partial charge < -0.3 is 5.11 Å². The second kappa shape index (κ2) is 5.32. The number of hydrazine groups is 2. The van der Waals surface area contributed by atoms with E-state index in [1.165, 1.54) is 5.01 Å². The van der Waals surface area contributed by atoms with Gasteiger partial charge in [0.25, 0.3) is 5.70 Å². The number of hydrogen-bond acceptors (Lipinski definition) is 7. The zero-order valence-corrected chi connectivity index (χ0v) is 13.6. The minimum absolute atomic E-state index is 0.0147. The van der Waals surface area contributed by atoms with Crippen molar-refractivity contribution in [2.45, 2.75) is 13.8 Å². The average Bonchev–Trinajstić information content (AvgIpc) is 2.94. The average molecular weight is 337 g/mol. The van der Waals surface area contributed by atoms with E-state index in [1.54, 1.807) is 42.4 Å². The molecule has 3 heterocycles. The van der Waals surface area contributed by atoms with Crippen LogP contribution in [0.4, 0.5) is 11.4 Å². The Balaban J connectivity index is 1.90. The van der Waals surface area contributed by atoms with Crippen LogP contribution in [-0.4, -0.2) is 15.0 Å². The number of aliphatic hydroxyl groups is 1. The molecule has 0 radical (unpaired) electrons. The molecular weight excluding hydrogens is 322 g/mol. The number of nitrogens with one attached hydrogen (secondary N) is 1. The molecule has 1 aromatic heterocycles. The molecule has 126 valence electrons. The molecule has 0 unspecified atom stereocenters. The Morgan fingerprint density at radius 2 is 1.92 bits per heavy atom. The number of rotatable bonds is 2. The Bertz CT molecular complexity index is 949. The van der Waals surface area contributed by atoms with Crippen LogP contribution in [-0.2, 0) is 0 Å². The van der Waals surface area contributed by atoms with Gasteiger partial charge in [0.15, 0.2) is 0 Å². The van der Waals surface area contributed by atoms with E-state index < -0.39 is 4.92 Å². The molecule has 4 rings (SSSR count). The number of anilines is 2. The fraction of sp³-hybridized carbons (Fsp3) is 0.118. The maximum Gasteiger partial charge on any atom is 0.283 e. The molecule has 0 amide bonds. The molecule has 25 heavy (non-hydrogen) atoms. The number of aliphatic hydroxyl groups excluding tert-OH is 1. The maximum atomic E-state index is 11.6. The fourth-order valence-electron chi connectivity index (χ4n) is 3.10. The highest BCUT2D eigenvalue weighted by molar-refractivity contribution is 5.85. The topological polar surface area (TPSA) is 94.8 Å². The van der Waals surface area contributed by atoms with E-state index >= 15 is 0 Å². The zero-order valence-electron chi connectivity index (χ0n) is 13.6. The monoisotopic (exact) mass is 337 g/mol. The van der Waals surface area contributed by atoms with Crippen LogP contribution in [0.2, 0.25) is 0 Å². The highest BCUT2D eigenvalue weighted by Crippen LogP contribution is 2.43. The molecule has 2 aliphatic heterocycles. The third-order valence-corrected chi connectivity index (χ3v) is 4.29. The first-order valence-corrected chi connectivity index (χ1v) is 7.66. The van der Waals surface area contributed by atoms with Crippen molar-refractivity contribution >= 4 is 17.1 Å². The minimum Gasteiger partial charge on any atom is -0.492 e. The first-order chi connectivity index (χ1) is 12.0. The second-order valence-electron chi connectivity index (χ2n) is 5.85. The van der Waals surface area contributed by atoms with E-state index in [0.29, 0.717) is 28.2 Å². The van der Waals surface area contributed by atoms with Crippen molar-refractivity contribution < 1.29 is 10.0 Å². The highest BCUT2D eigenvalue weighted by Gasteiger charge is 2.41. The lowest BCUT2D eigenvalue weighted by Crippen LogP contribution is -2.43. The zero-order chi connectivity index (χ0) is 17.7. The van der Waals surface area contributed by atoms with Gasteiger partial charge in [-0.05, 0) is 38.1 Å². The summed E-state index contributed by atoms with van der Waals surface area (Å²) in [5.41, 5.74) is 6.37. The predicted octanol–water partition coefficient (Wildman–Crippen LogP) is 2.88. The number of allylic oxidation sites excluding steroid dienone is 1. The number of fused-ring (bicyclic) bond motifs is 3. The van der Waals surface area contributed by atoms with Gasteiger partial charge in [-0.1, -0.05) is 12.1 Å². The van der Waals surface area contributed by atoms with Crippen molar-refractivity contribution in [3.63, 3.8) is 0 Å². The molecule has 8 heteroatoms. The van der Waals surface area contributed by atoms with Crippen molar-refractivity contribution in [2.24, 2.45) is 0 Å². The van der Waals surface area contributed by atoms with Gasteiger partial charge in [0.1, 0.15) is 5.70 Å². The van der Waals surface area contributed by atoms with E-state index in [1.807, 2.05) is 19.1 Å². The van der Waals surface area contributed by atoms with Crippen LogP contribution in [0.15, 0.2) is 59.7 Å². The molecular formula is C17H15N5O3. The number of nitro groups is 1. The number of benzene rings is 1. The van der Waals surface area contributed by atoms with E-state index in [0.717, 1.165) is 5.69 Å². The lowest BCUT2D eigenvalue weighted by atomic mass is 9.98. The first-order valence-electron chi connectivity index (χ1n) is 7.66. The van der Waals surface area contributed by atoms with Crippen LogP contribution in [0.5, 0.6) is 0 Å². The van der Waals surface area contributed by atoms with E-state index in [9.17, 15) is 15.2 Å². The van der Waals surface area contributed by atoms with Crippen LogP contribution < -0.4 is 15.6 Å². The van der Waals surface area contributed by atoms with Gasteiger partial charge >= 0.3 is 0 Å². The Kier molecular flexibility index (Phi) is 3.22. The third kappa shape index (κ3) is 2.15. The molecule has 1 aromatic carbocycles. The Labute approximate surface area is 143 Å². The van der Waals surface area contributed by atoms with Crippen molar-refractivity contribution in [2.75, 3.05) is 10.0 Å². The highest BCUT2D eigenvalue weighted by atomic mass is 16.6. The summed E-state index contributed by atoms with van der Waals surface area (Å²) in [6.07, 6.45) is 1.62. The predicted molar refractivity (Wildman–Crippen MR) is 92.8 cm³/mol. The summed E-state index contributed by atoms with van der Waals surface area (Å²) >= 11 is 0. The second-order valence-corrected chi connectivity index (χ2v) is 5.85. The SMILES string of the molecule is CC1=C([N+](=O)[O-])c2ccccc2N2NN(c3ccc(C)nc3)C(O)=C12. The molecule has 2 aromatic rings. The molecule has 0 bridgehead atoms. The van der Waals surface area contributed by atoms with Gasteiger partial charge in [-0.2, -0.15) is 0 Å². The normalized spacial score (nSPS) is 16.2. The van der Waals surface area contributed by atoms with Gasteiger partial charge in [0, 0.05) is 5.69 Å². The summed E-state index contributed by atoms with van der Waals surface area (Å²) in [6.45, 7) is 3.50. The molecule has 2 N–H and O–H groups in total. The van der Waals surface area contributed by atoms with Crippen LogP contribution >= 0.6 is 0 Å². The minimum atomic E-state index is -0.415. The van der Waals surface area contributed by atoms with Crippen LogP contribution in [0.3, 0.4) is 0 Å². The number of hydrogen-bond donors (Lipinski definition) is 2. The third-order valence-electron chi connectivity index (χ3n) is 4.29. The van der Waals surface area contributed by atoms with Crippen molar-refractivity contribution in [1.82, 2.24) is 10.5 Å². The number of aromatic nitrogens is 1. The number of pyridine rings is 1. The van der Waals surface area contributed by atoms with Gasteiger partial charge in [-0.15, -0.1) is 5.53 Å². The molecule has 2 aliphatic rings. The van der Waals surface area contributed by atoms with Crippen LogP contribution in [0.25, 0.3) is 5.70 Å². The van der Waals surface area contributed by atoms with Crippen molar-refractivity contribution in [3.8, 4) is 0 Å². The van der Waals surface area contributed by atoms with Crippen molar-refractivity contribution in [1.29, 1.82) is 0 Å². The molecule has 8 nitrogen and oxygen atoms in total. The van der Waals surface area contributed by atoms with Gasteiger partial charge in [0.2, 0.25) is 5.88 Å². The van der Waals surface area contributed by atoms with E-state index in [4.69, 9.17) is 0 Å². The number of para-hydroxylation sites is 1. The van der Waals surface area contributed by atoms with E-state index in [2.05, 4.69) is 10.5 Å². The summed E-state index contributed by atoms with van der Waals surface area (Å²) in [5.74, 6) is -0.114. The fourth-order valence-corrected chi connectivity index (χ4v) is 3.10. The summed E-state index contributed by atoms with van der Waals surface area (Å²) in [6, 6.07) is 10.6. The van der Waals surface area contributed by atoms with Gasteiger partial charge in [-0.3, -0.25) is 20.1 Å². The summed E-state index contributed by atoms with van der Waals surface area (Å²) in [7, 11) is 0. The largest absolute Gasteiger partial charge is 0.492 e. The summed E-state index contributed by atoms with van der Waals surface area (Å²) in [5, 5.41) is 25.4. The lowest BCUT2D eigenvalue weighted by molar-refractivity contribution is -0.376. The Morgan fingerprint density at radius 3 is 2.60 bits per heavy atom. The Hall–Kier alpha value is -3.39. The molecule has 0 spiro atoms. The summed E-state index contributed by atoms with van der Waals surface area (Å²) in [4.78, 5) is 15.4.